The van der Waals surface area contributed by atoms with Crippen LogP contribution < -0.4 is 5.32 Å². The molecule has 0 aliphatic heterocycles. The molecule has 0 saturated carbocycles. The molecular weight excluding hydrogens is 208 g/mol. The number of carbonyl (C=O) groups excluding carboxylic acids is 1. The molecule has 0 heterocycles. The highest BCUT2D eigenvalue weighted by Gasteiger charge is 2.02. The summed E-state index contributed by atoms with van der Waals surface area (Å²) in [6, 6.07) is 6.86. The van der Waals surface area contributed by atoms with Crippen LogP contribution in [-0.2, 0) is 4.79 Å². The zero-order chi connectivity index (χ0) is 12.1. The summed E-state index contributed by atoms with van der Waals surface area (Å²) in [6.45, 7) is 2.83. The summed E-state index contributed by atoms with van der Waals surface area (Å²) in [6.07, 6.45) is 1.45. The van der Waals surface area contributed by atoms with Gasteiger partial charge in [0.15, 0.2) is 0 Å². The van der Waals surface area contributed by atoms with Crippen molar-refractivity contribution in [3.8, 4) is 0 Å². The lowest BCUT2D eigenvalue weighted by Gasteiger charge is -2.02. The lowest BCUT2D eigenvalue weighted by Crippen LogP contribution is -2.05. The molecule has 1 aromatic carbocycles. The molecule has 1 aromatic rings. The van der Waals surface area contributed by atoms with E-state index in [-0.39, 0.29) is 11.6 Å². The van der Waals surface area contributed by atoms with Crippen molar-refractivity contribution < 1.29 is 9.72 Å². The Kier molecular flexibility index (Phi) is 3.77. The fourth-order valence-electron chi connectivity index (χ4n) is 1.20. The highest BCUT2D eigenvalue weighted by molar-refractivity contribution is 5.88. The molecular formula is C11H12N2O3. The first-order valence-electron chi connectivity index (χ1n) is 4.69. The van der Waals surface area contributed by atoms with Crippen LogP contribution >= 0.6 is 0 Å². The lowest BCUT2D eigenvalue weighted by atomic mass is 10.2. The third kappa shape index (κ3) is 3.53. The van der Waals surface area contributed by atoms with Crippen molar-refractivity contribution in [3.63, 3.8) is 0 Å². The third-order valence-electron chi connectivity index (χ3n) is 1.87. The molecule has 84 valence electrons. The van der Waals surface area contributed by atoms with E-state index >= 15 is 0 Å². The summed E-state index contributed by atoms with van der Waals surface area (Å²) in [5.74, 6) is -0.174. The van der Waals surface area contributed by atoms with Gasteiger partial charge in [-0.15, -0.1) is 0 Å². The Labute approximate surface area is 92.9 Å². The number of anilines is 1. The van der Waals surface area contributed by atoms with E-state index in [9.17, 15) is 14.9 Å². The number of allylic oxidation sites excluding steroid dienone is 1. The van der Waals surface area contributed by atoms with E-state index in [1.807, 2.05) is 0 Å². The molecule has 0 bridgehead atoms. The predicted molar refractivity (Wildman–Crippen MR) is 61.4 cm³/mol. The lowest BCUT2D eigenvalue weighted by molar-refractivity contribution is -0.422. The maximum atomic E-state index is 10.8. The smallest absolute Gasteiger partial charge is 0.243 e. The third-order valence-corrected chi connectivity index (χ3v) is 1.87. The van der Waals surface area contributed by atoms with Gasteiger partial charge in [0.2, 0.25) is 11.6 Å². The topological polar surface area (TPSA) is 72.2 Å². The molecule has 0 spiro atoms. The number of hydrogen-bond acceptors (Lipinski definition) is 3. The molecule has 1 amide bonds. The van der Waals surface area contributed by atoms with Gasteiger partial charge in [0.05, 0.1) is 4.92 Å². The normalized spacial score (nSPS) is 11.0. The fourth-order valence-corrected chi connectivity index (χ4v) is 1.20. The van der Waals surface area contributed by atoms with Crippen LogP contribution in [0, 0.1) is 10.1 Å². The van der Waals surface area contributed by atoms with E-state index in [0.717, 1.165) is 0 Å². The number of rotatable bonds is 3. The van der Waals surface area contributed by atoms with Gasteiger partial charge in [-0.3, -0.25) is 14.9 Å². The second kappa shape index (κ2) is 5.06. The van der Waals surface area contributed by atoms with Gasteiger partial charge in [-0.1, -0.05) is 12.1 Å². The molecule has 0 atom stereocenters. The molecule has 5 heteroatoms. The van der Waals surface area contributed by atoms with Gasteiger partial charge in [-0.2, -0.15) is 0 Å². The largest absolute Gasteiger partial charge is 0.326 e. The van der Waals surface area contributed by atoms with Crippen LogP contribution in [0.15, 0.2) is 30.0 Å². The van der Waals surface area contributed by atoms with Gasteiger partial charge >= 0.3 is 0 Å². The number of amides is 1. The first kappa shape index (κ1) is 11.9. The SMILES string of the molecule is CC(=O)Nc1cccc(/C=C(\C)[N+](=O)[O-])c1. The van der Waals surface area contributed by atoms with E-state index in [4.69, 9.17) is 0 Å². The van der Waals surface area contributed by atoms with Crippen molar-refractivity contribution in [1.29, 1.82) is 0 Å². The predicted octanol–water partition coefficient (Wildman–Crippen LogP) is 2.28. The summed E-state index contributed by atoms with van der Waals surface area (Å²) in [5, 5.41) is 13.0. The molecule has 5 nitrogen and oxygen atoms in total. The standard InChI is InChI=1S/C11H12N2O3/c1-8(13(15)16)6-10-4-3-5-11(7-10)12-9(2)14/h3-7H,1-2H3,(H,12,14)/b8-6+. The molecule has 0 saturated heterocycles. The number of benzene rings is 1. The van der Waals surface area contributed by atoms with Crippen molar-refractivity contribution in [3.05, 3.63) is 45.6 Å². The maximum absolute atomic E-state index is 10.8. The Bertz CT molecular complexity index is 452. The van der Waals surface area contributed by atoms with Crippen molar-refractivity contribution >= 4 is 17.7 Å². The second-order valence-electron chi connectivity index (χ2n) is 3.35. The van der Waals surface area contributed by atoms with Crippen LogP contribution in [0.2, 0.25) is 0 Å². The quantitative estimate of drug-likeness (QED) is 0.627. The highest BCUT2D eigenvalue weighted by atomic mass is 16.6. The van der Waals surface area contributed by atoms with E-state index in [1.54, 1.807) is 24.3 Å². The Morgan fingerprint density at radius 3 is 2.69 bits per heavy atom. The number of nitrogens with one attached hydrogen (secondary N) is 1. The monoisotopic (exact) mass is 220 g/mol. The van der Waals surface area contributed by atoms with Crippen LogP contribution in [0.1, 0.15) is 19.4 Å². The summed E-state index contributed by atoms with van der Waals surface area (Å²) in [7, 11) is 0. The Morgan fingerprint density at radius 1 is 1.44 bits per heavy atom. The minimum absolute atomic E-state index is 0.0555. The summed E-state index contributed by atoms with van der Waals surface area (Å²) >= 11 is 0. The van der Waals surface area contributed by atoms with Gasteiger partial charge < -0.3 is 5.32 Å². The van der Waals surface area contributed by atoms with Crippen molar-refractivity contribution in [2.24, 2.45) is 0 Å². The Hall–Kier alpha value is -2.17. The molecule has 1 rings (SSSR count). The molecule has 0 radical (unpaired) electrons. The molecule has 16 heavy (non-hydrogen) atoms. The van der Waals surface area contributed by atoms with Gasteiger partial charge in [0.1, 0.15) is 0 Å². The van der Waals surface area contributed by atoms with Gasteiger partial charge in [-0.05, 0) is 17.7 Å². The molecule has 0 fully saturated rings. The zero-order valence-corrected chi connectivity index (χ0v) is 9.06. The number of nitrogens with zero attached hydrogens (tertiary/aromatic N) is 1. The molecule has 0 aromatic heterocycles. The van der Waals surface area contributed by atoms with Crippen LogP contribution in [0.5, 0.6) is 0 Å². The van der Waals surface area contributed by atoms with Gasteiger partial charge in [-0.25, -0.2) is 0 Å². The van der Waals surface area contributed by atoms with E-state index in [0.29, 0.717) is 11.3 Å². The van der Waals surface area contributed by atoms with E-state index in [1.165, 1.54) is 19.9 Å². The fraction of sp³-hybridized carbons (Fsp3) is 0.182. The highest BCUT2D eigenvalue weighted by Crippen LogP contribution is 2.13. The molecule has 0 aliphatic rings. The van der Waals surface area contributed by atoms with Crippen LogP contribution in [0.4, 0.5) is 5.69 Å². The number of hydrogen-bond donors (Lipinski definition) is 1. The van der Waals surface area contributed by atoms with Gasteiger partial charge in [0, 0.05) is 25.6 Å². The maximum Gasteiger partial charge on any atom is 0.243 e. The molecule has 0 unspecified atom stereocenters. The second-order valence-corrected chi connectivity index (χ2v) is 3.35. The summed E-state index contributed by atoms with van der Waals surface area (Å²) in [4.78, 5) is 20.8. The summed E-state index contributed by atoms with van der Waals surface area (Å²) in [5.41, 5.74) is 1.36. The van der Waals surface area contributed by atoms with E-state index < -0.39 is 4.92 Å². The van der Waals surface area contributed by atoms with E-state index in [2.05, 4.69) is 5.32 Å². The van der Waals surface area contributed by atoms with Crippen LogP contribution in [0.25, 0.3) is 6.08 Å². The van der Waals surface area contributed by atoms with Crippen molar-refractivity contribution in [2.75, 3.05) is 5.32 Å². The van der Waals surface area contributed by atoms with Crippen molar-refractivity contribution in [2.45, 2.75) is 13.8 Å². The average molecular weight is 220 g/mol. The molecule has 0 aliphatic carbocycles. The van der Waals surface area contributed by atoms with Crippen LogP contribution in [0.3, 0.4) is 0 Å². The number of carbonyl (C=O) groups is 1. The first-order chi connectivity index (χ1) is 7.49. The van der Waals surface area contributed by atoms with Gasteiger partial charge in [0.25, 0.3) is 0 Å². The Balaban J connectivity index is 2.94. The minimum atomic E-state index is -0.453. The minimum Gasteiger partial charge on any atom is -0.326 e. The first-order valence-corrected chi connectivity index (χ1v) is 4.69. The Morgan fingerprint density at radius 2 is 2.12 bits per heavy atom. The zero-order valence-electron chi connectivity index (χ0n) is 9.06. The molecule has 1 N–H and O–H groups in total. The van der Waals surface area contributed by atoms with Crippen molar-refractivity contribution in [1.82, 2.24) is 0 Å². The van der Waals surface area contributed by atoms with Crippen LogP contribution in [-0.4, -0.2) is 10.8 Å². The summed E-state index contributed by atoms with van der Waals surface area (Å²) < 4.78 is 0. The average Bonchev–Trinajstić information content (AvgIpc) is 2.16. The number of nitro groups is 1.